The Labute approximate surface area is 172 Å². The summed E-state index contributed by atoms with van der Waals surface area (Å²) in [5, 5.41) is 12.0. The van der Waals surface area contributed by atoms with Gasteiger partial charge in [0.15, 0.2) is 8.46 Å². The van der Waals surface area contributed by atoms with Crippen LogP contribution in [0.1, 0.15) is 77.6 Å². The molecule has 0 aliphatic heterocycles. The van der Waals surface area contributed by atoms with Crippen LogP contribution in [0, 0.1) is 0 Å². The number of nitrogens with one attached hydrogen (secondary N) is 1. The van der Waals surface area contributed by atoms with Gasteiger partial charge in [0.05, 0.1) is 5.66 Å². The Kier molecular flexibility index (Phi) is 19.5. The van der Waals surface area contributed by atoms with Crippen LogP contribution in [0.3, 0.4) is 0 Å². The van der Waals surface area contributed by atoms with Crippen LogP contribution < -0.4 is 11.1 Å². The minimum absolute atomic E-state index is 0.00833. The van der Waals surface area contributed by atoms with Crippen LogP contribution in [0.2, 0.25) is 0 Å². The molecule has 0 aromatic carbocycles. The average molecular weight is 411 g/mol. The Morgan fingerprint density at radius 2 is 1.61 bits per heavy atom. The van der Waals surface area contributed by atoms with Gasteiger partial charge in [-0.3, -0.25) is 9.36 Å². The van der Waals surface area contributed by atoms with E-state index in [0.29, 0.717) is 19.4 Å². The molecule has 0 saturated heterocycles. The van der Waals surface area contributed by atoms with Crippen molar-refractivity contribution in [3.05, 3.63) is 36.5 Å². The second kappa shape index (κ2) is 20.4. The highest BCUT2D eigenvalue weighted by atomic mass is 31.1. The number of aliphatic hydroxyl groups excluding tert-OH is 1. The van der Waals surface area contributed by atoms with Crippen molar-refractivity contribution in [2.75, 3.05) is 6.54 Å². The Morgan fingerprint density at radius 1 is 1.00 bits per heavy atom. The first-order valence-electron chi connectivity index (χ1n) is 10.6. The van der Waals surface area contributed by atoms with Crippen LogP contribution >= 0.6 is 8.46 Å². The largest absolute Gasteiger partial charge is 0.378 e. The topological polar surface area (TPSA) is 92.4 Å². The summed E-state index contributed by atoms with van der Waals surface area (Å²) in [5.74, 6) is 0.00833. The van der Waals surface area contributed by atoms with Crippen molar-refractivity contribution in [3.63, 3.8) is 0 Å². The van der Waals surface area contributed by atoms with Crippen molar-refractivity contribution in [3.8, 4) is 0 Å². The SMILES string of the molecule is CCC=CCC=CCC=CCCCCCCCC(=O)NCCC(P=O)C(N)O. The van der Waals surface area contributed by atoms with Crippen LogP contribution in [0.5, 0.6) is 0 Å². The number of carbonyl (C=O) groups excluding carboxylic acids is 1. The summed E-state index contributed by atoms with van der Waals surface area (Å²) in [4.78, 5) is 11.7. The Morgan fingerprint density at radius 3 is 2.25 bits per heavy atom. The van der Waals surface area contributed by atoms with Crippen LogP contribution in [-0.2, 0) is 9.36 Å². The fourth-order valence-corrected chi connectivity index (χ4v) is 3.00. The molecule has 0 radical (unpaired) electrons. The minimum atomic E-state index is -1.12. The zero-order valence-electron chi connectivity index (χ0n) is 17.4. The summed E-state index contributed by atoms with van der Waals surface area (Å²) < 4.78 is 10.8. The third-order valence-corrected chi connectivity index (χ3v) is 5.18. The van der Waals surface area contributed by atoms with E-state index in [0.717, 1.165) is 44.9 Å². The van der Waals surface area contributed by atoms with Gasteiger partial charge in [-0.2, -0.15) is 0 Å². The molecule has 0 aromatic heterocycles. The zero-order chi connectivity index (χ0) is 20.9. The van der Waals surface area contributed by atoms with Gasteiger partial charge in [-0.05, 0) is 44.9 Å². The molecule has 28 heavy (non-hydrogen) atoms. The first-order valence-corrected chi connectivity index (χ1v) is 11.5. The number of carbonyl (C=O) groups is 1. The molecule has 0 rings (SSSR count). The molecule has 0 aliphatic rings. The molecular formula is C22H39N2O3P. The molecule has 0 fully saturated rings. The first-order chi connectivity index (χ1) is 13.6. The maximum Gasteiger partial charge on any atom is 0.219 e. The van der Waals surface area contributed by atoms with Crippen LogP contribution in [0.15, 0.2) is 36.5 Å². The highest BCUT2D eigenvalue weighted by Crippen LogP contribution is 2.12. The molecular weight excluding hydrogens is 371 g/mol. The maximum atomic E-state index is 11.7. The van der Waals surface area contributed by atoms with Gasteiger partial charge in [0.25, 0.3) is 0 Å². The molecule has 6 heteroatoms. The fraction of sp³-hybridized carbons (Fsp3) is 0.682. The lowest BCUT2D eigenvalue weighted by Crippen LogP contribution is -2.34. The first kappa shape index (κ1) is 26.7. The second-order valence-corrected chi connectivity index (χ2v) is 7.78. The van der Waals surface area contributed by atoms with Gasteiger partial charge in [-0.25, -0.2) is 0 Å². The summed E-state index contributed by atoms with van der Waals surface area (Å²) in [6, 6.07) is 0. The smallest absolute Gasteiger partial charge is 0.219 e. The van der Waals surface area contributed by atoms with Gasteiger partial charge < -0.3 is 16.2 Å². The van der Waals surface area contributed by atoms with Gasteiger partial charge in [0, 0.05) is 13.0 Å². The third kappa shape index (κ3) is 18.1. The van der Waals surface area contributed by atoms with Crippen LogP contribution in [-0.4, -0.2) is 29.4 Å². The van der Waals surface area contributed by atoms with E-state index < -0.39 is 11.9 Å². The maximum absolute atomic E-state index is 11.7. The van der Waals surface area contributed by atoms with E-state index >= 15 is 0 Å². The summed E-state index contributed by atoms with van der Waals surface area (Å²) in [6.45, 7) is 2.54. The number of rotatable bonds is 18. The predicted octanol–water partition coefficient (Wildman–Crippen LogP) is 5.02. The lowest BCUT2D eigenvalue weighted by molar-refractivity contribution is -0.121. The zero-order valence-corrected chi connectivity index (χ0v) is 18.3. The van der Waals surface area contributed by atoms with Crippen molar-refractivity contribution in [2.45, 2.75) is 89.4 Å². The molecule has 160 valence electrons. The summed E-state index contributed by atoms with van der Waals surface area (Å²) in [7, 11) is -0.186. The summed E-state index contributed by atoms with van der Waals surface area (Å²) in [6.07, 6.45) is 22.9. The highest BCUT2D eigenvalue weighted by molar-refractivity contribution is 7.24. The molecule has 0 heterocycles. The van der Waals surface area contributed by atoms with Crippen molar-refractivity contribution >= 4 is 14.4 Å². The molecule has 4 N–H and O–H groups in total. The molecule has 5 nitrogen and oxygen atoms in total. The standard InChI is InChI=1S/C22H39N2O3P/c1-2-3-4-5-6-7-8-9-10-11-12-13-14-15-16-17-21(25)24-19-18-20(28-27)22(23)26/h3-4,6-7,9-10,20,22,26H,2,5,8,11-19,23H2,1H3,(H,24,25). The molecule has 0 aliphatic carbocycles. The predicted molar refractivity (Wildman–Crippen MR) is 118 cm³/mol. The lowest BCUT2D eigenvalue weighted by atomic mass is 10.1. The van der Waals surface area contributed by atoms with Crippen LogP contribution in [0.4, 0.5) is 0 Å². The van der Waals surface area contributed by atoms with E-state index in [4.69, 9.17) is 5.73 Å². The molecule has 1 amide bonds. The van der Waals surface area contributed by atoms with Crippen molar-refractivity contribution < 1.29 is 14.5 Å². The molecule has 0 bridgehead atoms. The minimum Gasteiger partial charge on any atom is -0.378 e. The quantitative estimate of drug-likeness (QED) is 0.128. The lowest BCUT2D eigenvalue weighted by Gasteiger charge is -2.12. The fourth-order valence-electron chi connectivity index (χ4n) is 2.64. The second-order valence-electron chi connectivity index (χ2n) is 6.90. The third-order valence-electron chi connectivity index (χ3n) is 4.35. The van der Waals surface area contributed by atoms with Gasteiger partial charge in [-0.15, -0.1) is 0 Å². The van der Waals surface area contributed by atoms with Gasteiger partial charge in [0.1, 0.15) is 6.23 Å². The molecule has 0 spiro atoms. The van der Waals surface area contributed by atoms with Gasteiger partial charge in [0.2, 0.25) is 5.91 Å². The Hall–Kier alpha value is -1.29. The Balaban J connectivity index is 3.44. The average Bonchev–Trinajstić information content (AvgIpc) is 2.68. The number of amides is 1. The highest BCUT2D eigenvalue weighted by Gasteiger charge is 2.15. The van der Waals surface area contributed by atoms with E-state index in [1.165, 1.54) is 12.8 Å². The summed E-state index contributed by atoms with van der Waals surface area (Å²) in [5.41, 5.74) is 4.77. The molecule has 0 aromatic rings. The van der Waals surface area contributed by atoms with Gasteiger partial charge >= 0.3 is 0 Å². The number of unbranched alkanes of at least 4 members (excludes halogenated alkanes) is 5. The van der Waals surface area contributed by atoms with Crippen molar-refractivity contribution in [1.29, 1.82) is 0 Å². The number of aliphatic hydroxyl groups is 1. The van der Waals surface area contributed by atoms with E-state index in [2.05, 4.69) is 48.7 Å². The van der Waals surface area contributed by atoms with Gasteiger partial charge in [-0.1, -0.05) is 62.6 Å². The normalized spacial score (nSPS) is 14.4. The van der Waals surface area contributed by atoms with Crippen molar-refractivity contribution in [1.82, 2.24) is 5.32 Å². The van der Waals surface area contributed by atoms with Crippen LogP contribution in [0.25, 0.3) is 0 Å². The monoisotopic (exact) mass is 410 g/mol. The molecule has 2 unspecified atom stereocenters. The molecule has 0 saturated carbocycles. The van der Waals surface area contributed by atoms with E-state index in [9.17, 15) is 14.5 Å². The van der Waals surface area contributed by atoms with Crippen molar-refractivity contribution in [2.24, 2.45) is 5.73 Å². The number of hydrogen-bond acceptors (Lipinski definition) is 4. The summed E-state index contributed by atoms with van der Waals surface area (Å²) >= 11 is 0. The molecule has 2 atom stereocenters. The van der Waals surface area contributed by atoms with E-state index in [-0.39, 0.29) is 14.4 Å². The van der Waals surface area contributed by atoms with E-state index in [1.54, 1.807) is 0 Å². The number of nitrogens with two attached hydrogens (primary N) is 1. The Bertz CT molecular complexity index is 476. The number of allylic oxidation sites excluding steroid dienone is 6. The van der Waals surface area contributed by atoms with E-state index in [1.807, 2.05) is 0 Å². The number of hydrogen-bond donors (Lipinski definition) is 3.